The number of alkyl halides is 6. The van der Waals surface area contributed by atoms with Crippen LogP contribution < -0.4 is 20.1 Å². The second-order valence-electron chi connectivity index (χ2n) is 11.5. The van der Waals surface area contributed by atoms with Crippen molar-refractivity contribution in [1.82, 2.24) is 9.97 Å². The second kappa shape index (κ2) is 15.5. The quantitative estimate of drug-likeness (QED) is 0.0830. The van der Waals surface area contributed by atoms with Gasteiger partial charge in [0.2, 0.25) is 0 Å². The molecule has 0 bridgehead atoms. The molecule has 3 aromatic rings. The molecule has 1 aliphatic heterocycles. The molecule has 2 heterocycles. The minimum atomic E-state index is -5.08. The summed E-state index contributed by atoms with van der Waals surface area (Å²) in [5.74, 6) is -0.959. The van der Waals surface area contributed by atoms with Crippen LogP contribution in [0.2, 0.25) is 0 Å². The van der Waals surface area contributed by atoms with Crippen LogP contribution in [0.4, 0.5) is 36.8 Å². The molecule has 1 amide bonds. The van der Waals surface area contributed by atoms with Crippen LogP contribution in [-0.4, -0.2) is 59.9 Å². The van der Waals surface area contributed by atoms with E-state index in [4.69, 9.17) is 24.7 Å². The molecule has 1 aliphatic rings. The zero-order valence-electron chi connectivity index (χ0n) is 27.4. The van der Waals surface area contributed by atoms with E-state index in [9.17, 15) is 41.0 Å². The Kier molecular flexibility index (Phi) is 11.8. The molecule has 17 heteroatoms. The van der Waals surface area contributed by atoms with E-state index in [0.717, 1.165) is 4.90 Å². The number of amides is 1. The lowest BCUT2D eigenvalue weighted by Gasteiger charge is -2.46. The van der Waals surface area contributed by atoms with Crippen LogP contribution in [-0.2, 0) is 33.0 Å². The van der Waals surface area contributed by atoms with Gasteiger partial charge >= 0.3 is 24.4 Å². The number of hydrogen-bond acceptors (Lipinski definition) is 9. The predicted molar refractivity (Wildman–Crippen MR) is 166 cm³/mol. The van der Waals surface area contributed by atoms with E-state index in [1.165, 1.54) is 25.4 Å². The van der Waals surface area contributed by atoms with Gasteiger partial charge in [-0.3, -0.25) is 9.69 Å². The van der Waals surface area contributed by atoms with Gasteiger partial charge in [-0.1, -0.05) is 6.92 Å². The van der Waals surface area contributed by atoms with E-state index >= 15 is 0 Å². The number of carbonyl (C=O) groups is 2. The van der Waals surface area contributed by atoms with Gasteiger partial charge in [-0.2, -0.15) is 26.3 Å². The Labute approximate surface area is 283 Å². The summed E-state index contributed by atoms with van der Waals surface area (Å²) < 4.78 is 103. The number of nitrogens with zero attached hydrogens (tertiary/aromatic N) is 3. The molecule has 0 aliphatic carbocycles. The number of aromatic nitrogens is 2. The molecule has 0 saturated heterocycles. The third kappa shape index (κ3) is 8.93. The largest absolute Gasteiger partial charge is 0.490 e. The predicted octanol–water partition coefficient (Wildman–Crippen LogP) is 6.89. The Morgan fingerprint density at radius 3 is 2.30 bits per heavy atom. The van der Waals surface area contributed by atoms with Gasteiger partial charge in [0.15, 0.2) is 12.5 Å². The van der Waals surface area contributed by atoms with Gasteiger partial charge in [0.25, 0.3) is 0 Å². The molecule has 50 heavy (non-hydrogen) atoms. The number of carbonyl (C=O) groups excluding carboxylic acids is 1. The van der Waals surface area contributed by atoms with Crippen molar-refractivity contribution >= 4 is 17.7 Å². The smallest absolute Gasteiger partial charge is 0.416 e. The van der Waals surface area contributed by atoms with E-state index in [1.807, 2.05) is 0 Å². The molecule has 0 fully saturated rings. The van der Waals surface area contributed by atoms with Crippen LogP contribution in [0.5, 0.6) is 11.5 Å². The molecule has 2 aromatic carbocycles. The van der Waals surface area contributed by atoms with E-state index in [2.05, 4.69) is 9.97 Å². The summed E-state index contributed by atoms with van der Waals surface area (Å²) in [6.07, 6.45) is -10.5. The molecule has 0 spiro atoms. The van der Waals surface area contributed by atoms with Crippen molar-refractivity contribution in [1.29, 1.82) is 0 Å². The molecule has 11 nitrogen and oxygen atoms in total. The molecule has 1 aromatic heterocycles. The number of halogens is 6. The summed E-state index contributed by atoms with van der Waals surface area (Å²) in [6, 6.07) is 5.82. The van der Waals surface area contributed by atoms with Crippen molar-refractivity contribution in [3.8, 4) is 11.5 Å². The van der Waals surface area contributed by atoms with Crippen molar-refractivity contribution in [2.75, 3.05) is 32.0 Å². The van der Waals surface area contributed by atoms with Crippen LogP contribution in [0.3, 0.4) is 0 Å². The lowest BCUT2D eigenvalue weighted by atomic mass is 9.80. The first-order valence-corrected chi connectivity index (χ1v) is 15.5. The minimum absolute atomic E-state index is 0.00725. The maximum absolute atomic E-state index is 13.7. The molecule has 2 atom stereocenters. The van der Waals surface area contributed by atoms with Gasteiger partial charge < -0.3 is 29.8 Å². The molecular formula is C33H36F6N4O7. The van der Waals surface area contributed by atoms with Gasteiger partial charge in [0.05, 0.1) is 41.9 Å². The molecule has 0 saturated carbocycles. The average molecular weight is 715 g/mol. The Balaban J connectivity index is 1.84. The van der Waals surface area contributed by atoms with Gasteiger partial charge in [0, 0.05) is 25.9 Å². The molecular weight excluding hydrogens is 678 g/mol. The average Bonchev–Trinajstić information content (AvgIpc) is 3.05. The third-order valence-electron chi connectivity index (χ3n) is 8.03. The van der Waals surface area contributed by atoms with Gasteiger partial charge in [-0.15, -0.1) is 0 Å². The molecule has 3 N–H and O–H groups in total. The van der Waals surface area contributed by atoms with E-state index < -0.39 is 53.5 Å². The Bertz CT molecular complexity index is 1650. The highest BCUT2D eigenvalue weighted by molar-refractivity contribution is 5.90. The number of rotatable bonds is 13. The van der Waals surface area contributed by atoms with E-state index in [-0.39, 0.29) is 80.3 Å². The fourth-order valence-corrected chi connectivity index (χ4v) is 5.64. The van der Waals surface area contributed by atoms with Crippen molar-refractivity contribution in [2.45, 2.75) is 69.9 Å². The topological polar surface area (TPSA) is 146 Å². The molecule has 4 rings (SSSR count). The van der Waals surface area contributed by atoms with Gasteiger partial charge in [-0.05, 0) is 73.7 Å². The van der Waals surface area contributed by atoms with Crippen molar-refractivity contribution in [3.05, 3.63) is 76.4 Å². The highest BCUT2D eigenvalue weighted by Gasteiger charge is 2.46. The number of benzene rings is 2. The van der Waals surface area contributed by atoms with E-state index in [1.54, 1.807) is 19.9 Å². The van der Waals surface area contributed by atoms with Crippen LogP contribution in [0.25, 0.3) is 0 Å². The lowest BCUT2D eigenvalue weighted by Crippen LogP contribution is -2.61. The number of hydrogen-bond donors (Lipinski definition) is 2. The number of carboxylic acid groups (broad SMARTS) is 1. The van der Waals surface area contributed by atoms with Crippen LogP contribution in [0.1, 0.15) is 79.2 Å². The zero-order chi connectivity index (χ0) is 36.9. The number of ether oxygens (including phenoxy) is 4. The maximum atomic E-state index is 13.7. The normalized spacial score (nSPS) is 17.6. The third-order valence-corrected chi connectivity index (χ3v) is 8.03. The molecule has 272 valence electrons. The monoisotopic (exact) mass is 714 g/mol. The van der Waals surface area contributed by atoms with Gasteiger partial charge in [0.1, 0.15) is 17.2 Å². The number of nitrogens with two attached hydrogens (primary N) is 1. The van der Waals surface area contributed by atoms with Crippen molar-refractivity contribution in [2.24, 2.45) is 5.73 Å². The Hall–Kier alpha value is -4.64. The van der Waals surface area contributed by atoms with Crippen LogP contribution in [0.15, 0.2) is 42.6 Å². The summed E-state index contributed by atoms with van der Waals surface area (Å²) in [5, 5.41) is 10.1. The number of methoxy groups -OCH3 is 1. The number of anilines is 1. The summed E-state index contributed by atoms with van der Waals surface area (Å²) in [5.41, 5.74) is 2.41. The minimum Gasteiger partial charge on any atom is -0.490 e. The Morgan fingerprint density at radius 1 is 1.04 bits per heavy atom. The van der Waals surface area contributed by atoms with E-state index in [0.29, 0.717) is 23.4 Å². The van der Waals surface area contributed by atoms with Crippen LogP contribution >= 0.6 is 0 Å². The SMILES string of the molecule is CCOC(=O)CCCOc1cnc([C@H]2C[C@@](N)(CC)N(C(=O)O)c3ccc(OCOC)cc32)nc1Cc1cc(C(F)(F)F)cc(C(F)(F)F)c1. The number of fused-ring (bicyclic) bond motifs is 1. The summed E-state index contributed by atoms with van der Waals surface area (Å²) in [6.45, 7) is 3.31. The first kappa shape index (κ1) is 38.2. The van der Waals surface area contributed by atoms with Crippen molar-refractivity contribution in [3.63, 3.8) is 0 Å². The Morgan fingerprint density at radius 2 is 1.72 bits per heavy atom. The fourth-order valence-electron chi connectivity index (χ4n) is 5.64. The summed E-state index contributed by atoms with van der Waals surface area (Å²) >= 11 is 0. The molecule has 0 unspecified atom stereocenters. The first-order valence-electron chi connectivity index (χ1n) is 15.5. The van der Waals surface area contributed by atoms with Crippen molar-refractivity contribution < 1.29 is 60.0 Å². The fraction of sp³-hybridized carbons (Fsp3) is 0.455. The highest BCUT2D eigenvalue weighted by Crippen LogP contribution is 2.47. The number of esters is 1. The summed E-state index contributed by atoms with van der Waals surface area (Å²) in [4.78, 5) is 34.3. The second-order valence-corrected chi connectivity index (χ2v) is 11.5. The molecule has 0 radical (unpaired) electrons. The highest BCUT2D eigenvalue weighted by atomic mass is 19.4. The van der Waals surface area contributed by atoms with Crippen LogP contribution in [0, 0.1) is 0 Å². The maximum Gasteiger partial charge on any atom is 0.416 e. The lowest BCUT2D eigenvalue weighted by molar-refractivity contribution is -0.144. The zero-order valence-corrected chi connectivity index (χ0v) is 27.4. The summed E-state index contributed by atoms with van der Waals surface area (Å²) in [7, 11) is 1.41. The first-order chi connectivity index (χ1) is 23.5. The van der Waals surface area contributed by atoms with Gasteiger partial charge in [-0.25, -0.2) is 14.8 Å². The standard InChI is InChI=1S/C33H36F6N4O7/c1-4-31(40)16-24(23-15-22(50-18-47-3)8-9-26(23)43(31)30(45)46)29-41-17-27(49-10-6-7-28(44)48-5-2)25(42-29)13-19-11-20(32(34,35)36)14-21(12-19)33(37,38)39/h8-9,11-12,14-15,17,24H,4-7,10,13,16,18,40H2,1-3H3,(H,45,46)/t24-,31+/m0/s1.